The van der Waals surface area contributed by atoms with Crippen molar-refractivity contribution in [2.75, 3.05) is 49.6 Å². The van der Waals surface area contributed by atoms with Crippen LogP contribution in [0, 0.1) is 5.41 Å². The van der Waals surface area contributed by atoms with Crippen molar-refractivity contribution in [1.29, 1.82) is 0 Å². The third-order valence-corrected chi connectivity index (χ3v) is 7.34. The summed E-state index contributed by atoms with van der Waals surface area (Å²) >= 11 is 0. The number of aliphatic hydroxyl groups is 1. The number of nitrogens with one attached hydrogen (secondary N) is 2. The van der Waals surface area contributed by atoms with Crippen molar-refractivity contribution in [1.82, 2.24) is 10.2 Å². The highest BCUT2D eigenvalue weighted by molar-refractivity contribution is 5.89. The Labute approximate surface area is 232 Å². The van der Waals surface area contributed by atoms with Gasteiger partial charge in [-0.05, 0) is 85.0 Å². The second-order valence-corrected chi connectivity index (χ2v) is 12.4. The lowest BCUT2D eigenvalue weighted by Crippen LogP contribution is -2.47. The van der Waals surface area contributed by atoms with Gasteiger partial charge in [-0.25, -0.2) is 4.79 Å². The second-order valence-electron chi connectivity index (χ2n) is 12.4. The SMILES string of the molecule is CC(C)(C)CCCNC(=O)Nc1ccc(-c2cc3c(c(N4CCOCC4)c2)CCN(C(=O)C(C)(C)O)C3)cc1. The van der Waals surface area contributed by atoms with Gasteiger partial charge in [0.1, 0.15) is 5.60 Å². The van der Waals surface area contributed by atoms with Crippen molar-refractivity contribution < 1.29 is 19.4 Å². The number of rotatable bonds is 7. The highest BCUT2D eigenvalue weighted by Gasteiger charge is 2.33. The largest absolute Gasteiger partial charge is 0.381 e. The van der Waals surface area contributed by atoms with Crippen molar-refractivity contribution in [3.05, 3.63) is 47.5 Å². The minimum absolute atomic E-state index is 0.198. The van der Waals surface area contributed by atoms with Gasteiger partial charge < -0.3 is 30.3 Å². The van der Waals surface area contributed by atoms with Crippen LogP contribution >= 0.6 is 0 Å². The number of carbonyl (C=O) groups is 2. The molecule has 0 aliphatic carbocycles. The molecule has 0 atom stereocenters. The van der Waals surface area contributed by atoms with Crippen LogP contribution in [-0.4, -0.2) is 66.9 Å². The van der Waals surface area contributed by atoms with Crippen LogP contribution < -0.4 is 15.5 Å². The molecule has 0 saturated carbocycles. The minimum Gasteiger partial charge on any atom is -0.381 e. The molecule has 0 radical (unpaired) electrons. The average Bonchev–Trinajstić information content (AvgIpc) is 2.89. The van der Waals surface area contributed by atoms with Gasteiger partial charge in [-0.3, -0.25) is 4.79 Å². The van der Waals surface area contributed by atoms with Gasteiger partial charge in [0.2, 0.25) is 0 Å². The summed E-state index contributed by atoms with van der Waals surface area (Å²) in [6.45, 7) is 14.4. The van der Waals surface area contributed by atoms with Crippen LogP contribution in [0.2, 0.25) is 0 Å². The van der Waals surface area contributed by atoms with E-state index < -0.39 is 5.60 Å². The molecule has 3 amide bonds. The Balaban J connectivity index is 1.52. The number of urea groups is 1. The minimum atomic E-state index is -1.40. The number of benzene rings is 2. The zero-order valence-electron chi connectivity index (χ0n) is 24.1. The van der Waals surface area contributed by atoms with E-state index in [1.807, 2.05) is 24.3 Å². The third kappa shape index (κ3) is 7.73. The summed E-state index contributed by atoms with van der Waals surface area (Å²) in [6, 6.07) is 12.1. The lowest BCUT2D eigenvalue weighted by molar-refractivity contribution is -0.148. The number of hydrogen-bond donors (Lipinski definition) is 3. The van der Waals surface area contributed by atoms with Crippen molar-refractivity contribution >= 4 is 23.3 Å². The zero-order valence-corrected chi connectivity index (χ0v) is 24.1. The van der Waals surface area contributed by atoms with Crippen LogP contribution in [0.3, 0.4) is 0 Å². The van der Waals surface area contributed by atoms with Crippen molar-refractivity contribution in [2.45, 2.75) is 66.0 Å². The Bertz CT molecular complexity index is 1160. The number of amides is 3. The number of hydrogen-bond acceptors (Lipinski definition) is 5. The fourth-order valence-electron chi connectivity index (χ4n) is 5.23. The molecule has 3 N–H and O–H groups in total. The molecule has 2 heterocycles. The van der Waals surface area contributed by atoms with Crippen LogP contribution in [-0.2, 0) is 22.5 Å². The number of anilines is 2. The van der Waals surface area contributed by atoms with Gasteiger partial charge in [-0.1, -0.05) is 32.9 Å². The molecule has 8 heteroatoms. The van der Waals surface area contributed by atoms with E-state index in [9.17, 15) is 14.7 Å². The molecule has 0 unspecified atom stereocenters. The molecule has 2 aliphatic rings. The molecular formula is C31H44N4O4. The maximum Gasteiger partial charge on any atom is 0.319 e. The summed E-state index contributed by atoms with van der Waals surface area (Å²) in [5.41, 5.74) is 5.26. The van der Waals surface area contributed by atoms with Gasteiger partial charge in [0.15, 0.2) is 0 Å². The summed E-state index contributed by atoms with van der Waals surface area (Å²) in [6.07, 6.45) is 2.75. The molecule has 0 spiro atoms. The normalized spacial score (nSPS) is 16.1. The molecule has 1 saturated heterocycles. The summed E-state index contributed by atoms with van der Waals surface area (Å²) in [5, 5.41) is 16.2. The highest BCUT2D eigenvalue weighted by atomic mass is 16.5. The number of fused-ring (bicyclic) bond motifs is 1. The van der Waals surface area contributed by atoms with E-state index in [0.29, 0.717) is 32.8 Å². The molecule has 8 nitrogen and oxygen atoms in total. The summed E-state index contributed by atoms with van der Waals surface area (Å²) in [4.78, 5) is 29.3. The fraction of sp³-hybridized carbons (Fsp3) is 0.548. The van der Waals surface area contributed by atoms with Crippen molar-refractivity contribution in [2.24, 2.45) is 5.41 Å². The molecule has 4 rings (SSSR count). The smallest absolute Gasteiger partial charge is 0.319 e. The van der Waals surface area contributed by atoms with Crippen LogP contribution in [0.25, 0.3) is 11.1 Å². The molecule has 1 fully saturated rings. The Hall–Kier alpha value is -3.10. The van der Waals surface area contributed by atoms with E-state index in [1.165, 1.54) is 11.3 Å². The maximum atomic E-state index is 12.8. The predicted molar refractivity (Wildman–Crippen MR) is 156 cm³/mol. The van der Waals surface area contributed by atoms with E-state index in [0.717, 1.165) is 54.7 Å². The Morgan fingerprint density at radius 1 is 0.974 bits per heavy atom. The second kappa shape index (κ2) is 12.0. The Morgan fingerprint density at radius 2 is 1.67 bits per heavy atom. The van der Waals surface area contributed by atoms with Gasteiger partial charge in [0.05, 0.1) is 13.2 Å². The molecule has 2 aliphatic heterocycles. The van der Waals surface area contributed by atoms with Crippen molar-refractivity contribution in [3.8, 4) is 11.1 Å². The van der Waals surface area contributed by atoms with Gasteiger partial charge in [0.25, 0.3) is 5.91 Å². The Morgan fingerprint density at radius 3 is 2.31 bits per heavy atom. The number of nitrogens with zero attached hydrogens (tertiary/aromatic N) is 2. The molecule has 39 heavy (non-hydrogen) atoms. The first kappa shape index (κ1) is 28.9. The van der Waals surface area contributed by atoms with Crippen LogP contribution in [0.4, 0.5) is 16.2 Å². The lowest BCUT2D eigenvalue weighted by Gasteiger charge is -2.37. The number of morpholine rings is 1. The third-order valence-electron chi connectivity index (χ3n) is 7.34. The first-order valence-corrected chi connectivity index (χ1v) is 14.1. The van der Waals surface area contributed by atoms with E-state index >= 15 is 0 Å². The zero-order chi connectivity index (χ0) is 28.2. The highest BCUT2D eigenvalue weighted by Crippen LogP contribution is 2.36. The van der Waals surface area contributed by atoms with Gasteiger partial charge in [-0.15, -0.1) is 0 Å². The van der Waals surface area contributed by atoms with E-state index in [1.54, 1.807) is 18.7 Å². The van der Waals surface area contributed by atoms with Crippen LogP contribution in [0.1, 0.15) is 58.6 Å². The molecule has 2 aromatic rings. The lowest BCUT2D eigenvalue weighted by atomic mass is 9.91. The van der Waals surface area contributed by atoms with Crippen molar-refractivity contribution in [3.63, 3.8) is 0 Å². The van der Waals surface area contributed by atoms with Gasteiger partial charge in [0, 0.05) is 44.1 Å². The molecule has 0 bridgehead atoms. The molecule has 0 aromatic heterocycles. The van der Waals surface area contributed by atoms with Gasteiger partial charge in [-0.2, -0.15) is 0 Å². The van der Waals surface area contributed by atoms with E-state index in [-0.39, 0.29) is 17.4 Å². The predicted octanol–water partition coefficient (Wildman–Crippen LogP) is 4.79. The standard InChI is InChI=1S/C31H44N4O4/c1-30(2,3)12-6-13-32-29(37)33-25-9-7-22(8-10-25)23-19-24-21-35(28(36)31(4,5)38)14-11-26(24)27(20-23)34-15-17-39-18-16-34/h7-10,19-20,38H,6,11-18,21H2,1-5H3,(H2,32,33,37). The first-order chi connectivity index (χ1) is 18.4. The van der Waals surface area contributed by atoms with E-state index in [4.69, 9.17) is 4.74 Å². The van der Waals surface area contributed by atoms with E-state index in [2.05, 4.69) is 48.4 Å². The Kier molecular flexibility index (Phi) is 8.86. The monoisotopic (exact) mass is 536 g/mol. The topological polar surface area (TPSA) is 94.1 Å². The summed E-state index contributed by atoms with van der Waals surface area (Å²) < 4.78 is 5.59. The summed E-state index contributed by atoms with van der Waals surface area (Å²) in [7, 11) is 0. The molecule has 2 aromatic carbocycles. The summed E-state index contributed by atoms with van der Waals surface area (Å²) in [5.74, 6) is -0.251. The number of carbonyl (C=O) groups excluding carboxylic acids is 2. The maximum absolute atomic E-state index is 12.8. The molecule has 212 valence electrons. The average molecular weight is 537 g/mol. The van der Waals surface area contributed by atoms with Crippen LogP contribution in [0.15, 0.2) is 36.4 Å². The fourth-order valence-corrected chi connectivity index (χ4v) is 5.23. The van der Waals surface area contributed by atoms with Gasteiger partial charge >= 0.3 is 6.03 Å². The number of ether oxygens (including phenoxy) is 1. The molecular weight excluding hydrogens is 492 g/mol. The quantitative estimate of drug-likeness (QED) is 0.442. The first-order valence-electron chi connectivity index (χ1n) is 14.1. The van der Waals surface area contributed by atoms with Crippen LogP contribution in [0.5, 0.6) is 0 Å².